The predicted octanol–water partition coefficient (Wildman–Crippen LogP) is 5.77. The van der Waals surface area contributed by atoms with Gasteiger partial charge in [-0.3, -0.25) is 19.1 Å². The van der Waals surface area contributed by atoms with Crippen LogP contribution >= 0.6 is 23.2 Å². The lowest BCUT2D eigenvalue weighted by Crippen LogP contribution is -2.58. The van der Waals surface area contributed by atoms with E-state index in [0.29, 0.717) is 16.5 Å². The number of rotatable bonds is 12. The number of nitrogens with zero attached hydrogens (tertiary/aromatic N) is 1. The zero-order chi connectivity index (χ0) is 30.6. The molecule has 2 N–H and O–H groups in total. The molecule has 1 saturated heterocycles. The highest BCUT2D eigenvalue weighted by Gasteiger charge is 2.52. The topological polar surface area (TPSA) is 113 Å². The van der Waals surface area contributed by atoms with Crippen molar-refractivity contribution in [2.24, 2.45) is 5.41 Å². The van der Waals surface area contributed by atoms with Crippen molar-refractivity contribution in [2.45, 2.75) is 57.3 Å². The normalized spacial score (nSPS) is 22.5. The minimum absolute atomic E-state index is 0.0424. The van der Waals surface area contributed by atoms with Crippen LogP contribution in [0.5, 0.6) is 0 Å². The van der Waals surface area contributed by atoms with Gasteiger partial charge in [-0.25, -0.2) is 0 Å². The highest BCUT2D eigenvalue weighted by atomic mass is 35.5. The summed E-state index contributed by atoms with van der Waals surface area (Å²) in [5, 5.41) is 13.3. The first-order valence-corrected chi connectivity index (χ1v) is 15.1. The van der Waals surface area contributed by atoms with E-state index in [4.69, 9.17) is 23.2 Å². The zero-order valence-electron chi connectivity index (χ0n) is 22.3. The molecule has 3 rings (SSSR count). The molecule has 41 heavy (non-hydrogen) atoms. The molecular weight excluding hydrogens is 608 g/mol. The number of aliphatic carboxylic acids is 1. The SMILES string of the molecule is CCC(CNCOS(=O)(=O)CC(F)(F)F)N1C(=O)C(C)(CC(=O)O)CC(c2cccc(Cl)c2)C1c1ccc(Cl)cc1. The third-order valence-electron chi connectivity index (χ3n) is 7.06. The Bertz CT molecular complexity index is 1340. The Morgan fingerprint density at radius 2 is 1.83 bits per heavy atom. The number of benzene rings is 2. The summed E-state index contributed by atoms with van der Waals surface area (Å²) in [7, 11) is -4.88. The van der Waals surface area contributed by atoms with Gasteiger partial charge in [0.05, 0.1) is 17.9 Å². The molecule has 0 spiro atoms. The predicted molar refractivity (Wildman–Crippen MR) is 148 cm³/mol. The smallest absolute Gasteiger partial charge is 0.405 e. The molecule has 1 aliphatic heterocycles. The number of hydrogen-bond acceptors (Lipinski definition) is 6. The summed E-state index contributed by atoms with van der Waals surface area (Å²) in [6.45, 7) is 2.60. The van der Waals surface area contributed by atoms with Gasteiger partial charge in [-0.15, -0.1) is 0 Å². The second kappa shape index (κ2) is 13.3. The highest BCUT2D eigenvalue weighted by molar-refractivity contribution is 7.86. The molecule has 0 bridgehead atoms. The van der Waals surface area contributed by atoms with Gasteiger partial charge < -0.3 is 10.0 Å². The van der Waals surface area contributed by atoms with Crippen LogP contribution in [0.25, 0.3) is 0 Å². The number of halogens is 5. The Labute approximate surface area is 246 Å². The molecule has 4 unspecified atom stereocenters. The summed E-state index contributed by atoms with van der Waals surface area (Å²) in [4.78, 5) is 27.6. The molecule has 1 amide bonds. The molecule has 0 aliphatic carbocycles. The van der Waals surface area contributed by atoms with E-state index in [0.717, 1.165) is 11.1 Å². The molecule has 1 fully saturated rings. The minimum atomic E-state index is -4.96. The van der Waals surface area contributed by atoms with Crippen molar-refractivity contribution in [2.75, 3.05) is 19.0 Å². The lowest BCUT2D eigenvalue weighted by Gasteiger charge is -2.52. The Kier molecular flexibility index (Phi) is 10.7. The molecule has 14 heteroatoms. The minimum Gasteiger partial charge on any atom is -0.481 e. The number of nitrogens with one attached hydrogen (secondary N) is 1. The van der Waals surface area contributed by atoms with E-state index in [1.54, 1.807) is 61.2 Å². The van der Waals surface area contributed by atoms with Crippen molar-refractivity contribution >= 4 is 45.2 Å². The van der Waals surface area contributed by atoms with Crippen molar-refractivity contribution in [1.29, 1.82) is 0 Å². The lowest BCUT2D eigenvalue weighted by atomic mass is 9.67. The van der Waals surface area contributed by atoms with Crippen molar-refractivity contribution in [3.05, 3.63) is 69.7 Å². The van der Waals surface area contributed by atoms with Gasteiger partial charge in [0.2, 0.25) is 5.91 Å². The van der Waals surface area contributed by atoms with E-state index in [2.05, 4.69) is 9.50 Å². The first-order chi connectivity index (χ1) is 19.0. The van der Waals surface area contributed by atoms with Crippen molar-refractivity contribution in [1.82, 2.24) is 10.2 Å². The maximum Gasteiger partial charge on any atom is 0.405 e. The van der Waals surface area contributed by atoms with E-state index in [-0.39, 0.29) is 13.0 Å². The van der Waals surface area contributed by atoms with Gasteiger partial charge in [-0.05, 0) is 48.2 Å². The largest absolute Gasteiger partial charge is 0.481 e. The van der Waals surface area contributed by atoms with Gasteiger partial charge >= 0.3 is 12.1 Å². The van der Waals surface area contributed by atoms with Crippen LogP contribution in [0.1, 0.15) is 56.2 Å². The van der Waals surface area contributed by atoms with Crippen LogP contribution in [0.3, 0.4) is 0 Å². The fourth-order valence-corrected chi connectivity index (χ4v) is 6.39. The summed E-state index contributed by atoms with van der Waals surface area (Å²) in [5.74, 6) is -4.09. The van der Waals surface area contributed by atoms with Gasteiger partial charge in [0.15, 0.2) is 5.75 Å². The highest BCUT2D eigenvalue weighted by Crippen LogP contribution is 2.52. The van der Waals surface area contributed by atoms with Gasteiger partial charge in [0.1, 0.15) is 6.73 Å². The lowest BCUT2D eigenvalue weighted by molar-refractivity contribution is -0.160. The van der Waals surface area contributed by atoms with Crippen LogP contribution in [0.15, 0.2) is 48.5 Å². The molecule has 2 aromatic carbocycles. The number of carbonyl (C=O) groups excluding carboxylic acids is 1. The second-order valence-corrected chi connectivity index (χ2v) is 12.8. The number of amides is 1. The van der Waals surface area contributed by atoms with Gasteiger partial charge in [0.25, 0.3) is 10.1 Å². The van der Waals surface area contributed by atoms with Crippen LogP contribution in [-0.4, -0.2) is 61.5 Å². The molecule has 4 atom stereocenters. The third-order valence-corrected chi connectivity index (χ3v) is 8.70. The first kappa shape index (κ1) is 33.1. The fraction of sp³-hybridized carbons (Fsp3) is 0.481. The van der Waals surface area contributed by atoms with Crippen molar-refractivity contribution < 1.29 is 40.5 Å². The van der Waals surface area contributed by atoms with Crippen LogP contribution in [0.4, 0.5) is 13.2 Å². The summed E-state index contributed by atoms with van der Waals surface area (Å²) >= 11 is 12.5. The van der Waals surface area contributed by atoms with Crippen LogP contribution in [0.2, 0.25) is 10.0 Å². The first-order valence-electron chi connectivity index (χ1n) is 12.8. The number of hydrogen-bond donors (Lipinski definition) is 2. The Hall–Kier alpha value is -2.38. The monoisotopic (exact) mass is 638 g/mol. The Balaban J connectivity index is 2.02. The van der Waals surface area contributed by atoms with E-state index in [1.165, 1.54) is 0 Å². The number of alkyl halides is 3. The van der Waals surface area contributed by atoms with E-state index in [1.807, 2.05) is 6.07 Å². The maximum absolute atomic E-state index is 14.2. The quantitative estimate of drug-likeness (QED) is 0.172. The van der Waals surface area contributed by atoms with Crippen LogP contribution in [0, 0.1) is 5.41 Å². The zero-order valence-corrected chi connectivity index (χ0v) is 24.7. The number of carboxylic acids is 1. The molecule has 0 radical (unpaired) electrons. The third kappa shape index (κ3) is 8.81. The van der Waals surface area contributed by atoms with E-state index < -0.39 is 70.5 Å². The van der Waals surface area contributed by atoms with Gasteiger partial charge in [0, 0.05) is 28.5 Å². The Morgan fingerprint density at radius 1 is 1.17 bits per heavy atom. The molecule has 1 aliphatic rings. The maximum atomic E-state index is 14.2. The van der Waals surface area contributed by atoms with Gasteiger partial charge in [-0.2, -0.15) is 21.6 Å². The molecule has 2 aromatic rings. The average Bonchev–Trinajstić information content (AvgIpc) is 2.85. The molecule has 226 valence electrons. The number of piperidine rings is 1. The summed E-state index contributed by atoms with van der Waals surface area (Å²) in [6, 6.07) is 12.8. The molecule has 0 aromatic heterocycles. The Morgan fingerprint density at radius 3 is 2.39 bits per heavy atom. The standard InChI is InChI=1S/C27H31Cl2F3N2O6S/c1-3-21(14-33-16-40-41(38,39)15-27(30,31)32)34-24(17-7-9-19(28)10-8-17)22(18-5-4-6-20(29)11-18)12-26(2,25(34)37)13-23(35)36/h4-11,21-22,24,33H,3,12-16H2,1-2H3,(H,35,36). The van der Waals surface area contributed by atoms with Crippen LogP contribution < -0.4 is 5.32 Å². The molecule has 1 heterocycles. The van der Waals surface area contributed by atoms with Crippen LogP contribution in [-0.2, 0) is 23.9 Å². The number of carboxylic acid groups (broad SMARTS) is 1. The summed E-state index contributed by atoms with van der Waals surface area (Å²) < 4.78 is 65.4. The number of carbonyl (C=O) groups is 2. The summed E-state index contributed by atoms with van der Waals surface area (Å²) in [6.07, 6.45) is -4.84. The second-order valence-electron chi connectivity index (χ2n) is 10.3. The summed E-state index contributed by atoms with van der Waals surface area (Å²) in [5.41, 5.74) is 0.213. The fourth-order valence-electron chi connectivity index (χ4n) is 5.32. The van der Waals surface area contributed by atoms with Crippen molar-refractivity contribution in [3.63, 3.8) is 0 Å². The molecule has 0 saturated carbocycles. The van der Waals surface area contributed by atoms with E-state index >= 15 is 0 Å². The number of likely N-dealkylation sites (tertiary alicyclic amines) is 1. The van der Waals surface area contributed by atoms with E-state index in [9.17, 15) is 36.3 Å². The van der Waals surface area contributed by atoms with Gasteiger partial charge in [-0.1, -0.05) is 61.3 Å². The molecule has 8 nitrogen and oxygen atoms in total. The van der Waals surface area contributed by atoms with Crippen molar-refractivity contribution in [3.8, 4) is 0 Å². The molecular formula is C27H31Cl2F3N2O6S. The average molecular weight is 640 g/mol.